The number of fused-ring (bicyclic) bond motifs is 2. The summed E-state index contributed by atoms with van der Waals surface area (Å²) < 4.78 is 33.0. The van der Waals surface area contributed by atoms with Crippen molar-refractivity contribution in [2.45, 2.75) is 25.5 Å². The maximum atomic E-state index is 13.9. The Hall–Kier alpha value is -2.92. The van der Waals surface area contributed by atoms with Crippen LogP contribution < -0.4 is 9.64 Å². The van der Waals surface area contributed by atoms with Crippen molar-refractivity contribution in [1.29, 1.82) is 0 Å². The van der Waals surface area contributed by atoms with Crippen LogP contribution in [-0.2, 0) is 13.0 Å². The number of hydrogen-bond donors (Lipinski definition) is 0. The summed E-state index contributed by atoms with van der Waals surface area (Å²) in [5.41, 5.74) is 4.07. The number of anilines is 2. The molecule has 3 aromatic rings. The van der Waals surface area contributed by atoms with E-state index in [0.717, 1.165) is 60.7 Å². The molecule has 1 unspecified atom stereocenters. The molecule has 0 saturated carbocycles. The molecule has 5 heteroatoms. The van der Waals surface area contributed by atoms with Gasteiger partial charge < -0.3 is 14.5 Å². The highest BCUT2D eigenvalue weighted by atomic mass is 19.1. The monoisotopic (exact) mass is 406 g/mol. The van der Waals surface area contributed by atoms with E-state index < -0.39 is 0 Å². The Bertz CT molecular complexity index is 1040. The fourth-order valence-electron chi connectivity index (χ4n) is 4.53. The van der Waals surface area contributed by atoms with Crippen molar-refractivity contribution in [2.24, 2.45) is 0 Å². The summed E-state index contributed by atoms with van der Waals surface area (Å²) in [5, 5.41) is 0. The molecule has 0 aromatic heterocycles. The number of ether oxygens (including phenoxy) is 1. The van der Waals surface area contributed by atoms with Crippen molar-refractivity contribution in [3.05, 3.63) is 89.5 Å². The molecular formula is C25H24F2N2O. The van der Waals surface area contributed by atoms with Gasteiger partial charge in [-0.3, -0.25) is 0 Å². The first-order valence-corrected chi connectivity index (χ1v) is 10.4. The van der Waals surface area contributed by atoms with Gasteiger partial charge in [0.05, 0.1) is 5.69 Å². The van der Waals surface area contributed by atoms with Gasteiger partial charge in [-0.1, -0.05) is 24.3 Å². The van der Waals surface area contributed by atoms with E-state index >= 15 is 0 Å². The lowest BCUT2D eigenvalue weighted by Gasteiger charge is -2.32. The number of para-hydroxylation sites is 2. The van der Waals surface area contributed by atoms with Gasteiger partial charge in [0.15, 0.2) is 0 Å². The van der Waals surface area contributed by atoms with Crippen molar-refractivity contribution < 1.29 is 13.5 Å². The van der Waals surface area contributed by atoms with E-state index in [1.807, 2.05) is 36.4 Å². The summed E-state index contributed by atoms with van der Waals surface area (Å²) in [6, 6.07) is 20.1. The lowest BCUT2D eigenvalue weighted by Crippen LogP contribution is -2.35. The average Bonchev–Trinajstić information content (AvgIpc) is 3.16. The molecule has 0 spiro atoms. The van der Waals surface area contributed by atoms with Crippen molar-refractivity contribution in [3.8, 4) is 5.75 Å². The Morgan fingerprint density at radius 2 is 1.70 bits per heavy atom. The quantitative estimate of drug-likeness (QED) is 0.584. The van der Waals surface area contributed by atoms with Gasteiger partial charge in [-0.25, -0.2) is 8.78 Å². The molecule has 2 aliphatic rings. The van der Waals surface area contributed by atoms with Crippen LogP contribution in [0, 0.1) is 11.6 Å². The molecule has 1 saturated heterocycles. The summed E-state index contributed by atoms with van der Waals surface area (Å²) in [6.07, 6.45) is 1.92. The topological polar surface area (TPSA) is 15.7 Å². The summed E-state index contributed by atoms with van der Waals surface area (Å²) in [4.78, 5) is 4.78. The summed E-state index contributed by atoms with van der Waals surface area (Å²) in [5.74, 6) is 0.395. The van der Waals surface area contributed by atoms with Gasteiger partial charge in [-0.15, -0.1) is 0 Å². The Labute approximate surface area is 175 Å². The van der Waals surface area contributed by atoms with Gasteiger partial charge in [-0.05, 0) is 60.9 Å². The van der Waals surface area contributed by atoms with E-state index in [-0.39, 0.29) is 17.7 Å². The first-order valence-electron chi connectivity index (χ1n) is 10.4. The molecule has 0 amide bonds. The highest BCUT2D eigenvalue weighted by Crippen LogP contribution is 2.42. The highest BCUT2D eigenvalue weighted by Gasteiger charge is 2.32. The zero-order valence-electron chi connectivity index (χ0n) is 16.7. The third kappa shape index (κ3) is 3.77. The number of nitrogens with zero attached hydrogens (tertiary/aromatic N) is 2. The summed E-state index contributed by atoms with van der Waals surface area (Å²) in [6.45, 7) is 3.22. The fourth-order valence-corrected chi connectivity index (χ4v) is 4.53. The third-order valence-electron chi connectivity index (χ3n) is 6.05. The van der Waals surface area contributed by atoms with Crippen LogP contribution >= 0.6 is 0 Å². The molecule has 0 bridgehead atoms. The fraction of sp³-hybridized carbons (Fsp3) is 0.280. The van der Waals surface area contributed by atoms with Gasteiger partial charge in [0, 0.05) is 36.9 Å². The molecule has 0 aliphatic carbocycles. The molecule has 2 heterocycles. The third-order valence-corrected chi connectivity index (χ3v) is 6.05. The van der Waals surface area contributed by atoms with Gasteiger partial charge in [0.2, 0.25) is 0 Å². The maximum Gasteiger partial charge on any atom is 0.143 e. The average molecular weight is 406 g/mol. The molecule has 1 fully saturated rings. The molecule has 30 heavy (non-hydrogen) atoms. The van der Waals surface area contributed by atoms with Crippen LogP contribution in [0.1, 0.15) is 17.5 Å². The Morgan fingerprint density at radius 1 is 0.900 bits per heavy atom. The second-order valence-electron chi connectivity index (χ2n) is 8.02. The van der Waals surface area contributed by atoms with Crippen molar-refractivity contribution in [2.75, 3.05) is 24.5 Å². The maximum absolute atomic E-state index is 13.9. The van der Waals surface area contributed by atoms with Gasteiger partial charge in [0.25, 0.3) is 0 Å². The molecule has 3 aromatic carbocycles. The van der Waals surface area contributed by atoms with Crippen LogP contribution in [-0.4, -0.2) is 30.6 Å². The standard InChI is InChI=1S/C25H24F2N2O/c26-20-7-5-18(6-8-20)11-13-28-14-12-22(16-28)29-23-10-9-21(27)15-19(23)17-30-25-4-2-1-3-24(25)29/h1-10,15,22H,11-14,16-17H2. The first kappa shape index (κ1) is 19.1. The zero-order valence-corrected chi connectivity index (χ0v) is 16.7. The molecule has 1 atom stereocenters. The minimum absolute atomic E-state index is 0.197. The van der Waals surface area contributed by atoms with Crippen LogP contribution in [0.3, 0.4) is 0 Å². The predicted molar refractivity (Wildman–Crippen MR) is 114 cm³/mol. The molecular weight excluding hydrogens is 382 g/mol. The molecule has 0 radical (unpaired) electrons. The first-order chi connectivity index (χ1) is 14.7. The van der Waals surface area contributed by atoms with Gasteiger partial charge in [0.1, 0.15) is 24.0 Å². The number of halogens is 2. The van der Waals surface area contributed by atoms with Crippen molar-refractivity contribution >= 4 is 11.4 Å². The number of rotatable bonds is 4. The molecule has 2 aliphatic heterocycles. The van der Waals surface area contributed by atoms with E-state index in [2.05, 4.69) is 15.9 Å². The Morgan fingerprint density at radius 3 is 2.57 bits per heavy atom. The van der Waals surface area contributed by atoms with E-state index in [9.17, 15) is 8.78 Å². The van der Waals surface area contributed by atoms with Crippen LogP contribution in [0.2, 0.25) is 0 Å². The van der Waals surface area contributed by atoms with Crippen molar-refractivity contribution in [1.82, 2.24) is 4.90 Å². The smallest absolute Gasteiger partial charge is 0.143 e. The van der Waals surface area contributed by atoms with Gasteiger partial charge >= 0.3 is 0 Å². The number of benzene rings is 3. The SMILES string of the molecule is Fc1ccc(CCN2CCC(N3c4ccc(F)cc4COc4ccccc43)C2)cc1. The van der Waals surface area contributed by atoms with Gasteiger partial charge in [-0.2, -0.15) is 0 Å². The molecule has 5 rings (SSSR count). The second-order valence-corrected chi connectivity index (χ2v) is 8.02. The van der Waals surface area contributed by atoms with Crippen LogP contribution in [0.15, 0.2) is 66.7 Å². The van der Waals surface area contributed by atoms with Crippen molar-refractivity contribution in [3.63, 3.8) is 0 Å². The van der Waals surface area contributed by atoms with E-state index in [1.165, 1.54) is 18.2 Å². The minimum Gasteiger partial charge on any atom is -0.487 e. The van der Waals surface area contributed by atoms with Crippen LogP contribution in [0.4, 0.5) is 20.2 Å². The van der Waals surface area contributed by atoms with E-state index in [4.69, 9.17) is 4.74 Å². The van der Waals surface area contributed by atoms with E-state index in [1.54, 1.807) is 6.07 Å². The Kier molecular flexibility index (Phi) is 5.13. The van der Waals surface area contributed by atoms with Crippen LogP contribution in [0.5, 0.6) is 5.75 Å². The lowest BCUT2D eigenvalue weighted by molar-refractivity contribution is 0.310. The zero-order chi connectivity index (χ0) is 20.5. The number of likely N-dealkylation sites (tertiary alicyclic amines) is 1. The molecule has 154 valence electrons. The van der Waals surface area contributed by atoms with Crippen LogP contribution in [0.25, 0.3) is 0 Å². The highest BCUT2D eigenvalue weighted by molar-refractivity contribution is 5.73. The number of hydrogen-bond acceptors (Lipinski definition) is 3. The lowest BCUT2D eigenvalue weighted by atomic mass is 10.1. The van der Waals surface area contributed by atoms with E-state index in [0.29, 0.717) is 6.61 Å². The molecule has 3 nitrogen and oxygen atoms in total. The minimum atomic E-state index is -0.240. The Balaban J connectivity index is 1.38. The normalized spacial score (nSPS) is 18.5. The predicted octanol–water partition coefficient (Wildman–Crippen LogP) is 5.31. The second kappa shape index (κ2) is 8.07. The summed E-state index contributed by atoms with van der Waals surface area (Å²) >= 11 is 0. The molecule has 0 N–H and O–H groups in total. The largest absolute Gasteiger partial charge is 0.487 e. The summed E-state index contributed by atoms with van der Waals surface area (Å²) in [7, 11) is 0.